The monoisotopic (exact) mass is 599 g/mol. The van der Waals surface area contributed by atoms with Crippen LogP contribution in [0.2, 0.25) is 5.02 Å². The lowest BCUT2D eigenvalue weighted by Gasteiger charge is -2.35. The number of carbonyl (C=O) groups excluding carboxylic acids is 1. The van der Waals surface area contributed by atoms with Crippen LogP contribution in [0.3, 0.4) is 0 Å². The molecule has 0 atom stereocenters. The Bertz CT molecular complexity index is 1360. The number of esters is 1. The van der Waals surface area contributed by atoms with Crippen molar-refractivity contribution in [3.8, 4) is 23.0 Å². The van der Waals surface area contributed by atoms with E-state index in [1.165, 1.54) is 12.1 Å². The van der Waals surface area contributed by atoms with E-state index in [1.807, 2.05) is 24.3 Å². The Balaban J connectivity index is 1.42. The highest BCUT2D eigenvalue weighted by Crippen LogP contribution is 2.33. The van der Waals surface area contributed by atoms with E-state index in [0.29, 0.717) is 55.7 Å². The lowest BCUT2D eigenvalue weighted by molar-refractivity contribution is -0.172. The smallest absolute Gasteiger partial charge is 0.351 e. The van der Waals surface area contributed by atoms with E-state index in [9.17, 15) is 9.18 Å². The predicted octanol–water partition coefficient (Wildman–Crippen LogP) is 5.48. The van der Waals surface area contributed by atoms with Crippen LogP contribution in [0.25, 0.3) is 11.4 Å². The van der Waals surface area contributed by atoms with Gasteiger partial charge in [-0.05, 0) is 54.7 Å². The zero-order valence-corrected chi connectivity index (χ0v) is 24.6. The summed E-state index contributed by atoms with van der Waals surface area (Å²) in [5, 5.41) is 0.00681. The number of hydrogen-bond acceptors (Lipinski definition) is 9. The summed E-state index contributed by atoms with van der Waals surface area (Å²) < 4.78 is 42.7. The molecule has 1 aromatic heterocycles. The van der Waals surface area contributed by atoms with Crippen LogP contribution < -0.4 is 14.4 Å². The van der Waals surface area contributed by atoms with Gasteiger partial charge in [-0.25, -0.2) is 14.2 Å². The first kappa shape index (κ1) is 30.0. The highest BCUT2D eigenvalue weighted by molar-refractivity contribution is 6.30. The summed E-state index contributed by atoms with van der Waals surface area (Å²) >= 11 is 5.93. The van der Waals surface area contributed by atoms with Crippen molar-refractivity contribution in [2.45, 2.75) is 37.9 Å². The zero-order chi connectivity index (χ0) is 29.5. The van der Waals surface area contributed by atoms with E-state index < -0.39 is 17.4 Å². The van der Waals surface area contributed by atoms with Gasteiger partial charge in [0.05, 0.1) is 25.3 Å². The Hall–Kier alpha value is -3.47. The summed E-state index contributed by atoms with van der Waals surface area (Å²) in [6.07, 6.45) is 2.47. The zero-order valence-electron chi connectivity index (χ0n) is 23.8. The van der Waals surface area contributed by atoms with Gasteiger partial charge in [-0.3, -0.25) is 0 Å². The topological polar surface area (TPSA) is 92.2 Å². The average molecular weight is 600 g/mol. The van der Waals surface area contributed by atoms with Gasteiger partial charge >= 0.3 is 5.97 Å². The third-order valence-corrected chi connectivity index (χ3v) is 8.02. The number of aromatic nitrogens is 2. The van der Waals surface area contributed by atoms with Crippen LogP contribution in [0, 0.1) is 11.7 Å². The number of anilines is 1. The third kappa shape index (κ3) is 7.11. The first-order valence-corrected chi connectivity index (χ1v) is 14.4. The number of piperidine rings is 1. The molecule has 2 aromatic carbocycles. The summed E-state index contributed by atoms with van der Waals surface area (Å²) in [5.41, 5.74) is -0.0368. The molecular formula is C31H35ClFN3O6. The second-order valence-electron chi connectivity index (χ2n) is 10.5. The summed E-state index contributed by atoms with van der Waals surface area (Å²) in [6, 6.07) is 13.5. The minimum absolute atomic E-state index is 0.00681. The Morgan fingerprint density at radius 2 is 1.81 bits per heavy atom. The van der Waals surface area contributed by atoms with Crippen molar-refractivity contribution in [2.24, 2.45) is 5.92 Å². The molecule has 0 unspecified atom stereocenters. The van der Waals surface area contributed by atoms with Crippen LogP contribution >= 0.6 is 11.6 Å². The lowest BCUT2D eigenvalue weighted by atomic mass is 9.94. The largest absolute Gasteiger partial charge is 0.497 e. The van der Waals surface area contributed by atoms with Gasteiger partial charge in [0, 0.05) is 51.3 Å². The number of halogens is 2. The number of hydrogen-bond donors (Lipinski definition) is 0. The van der Waals surface area contributed by atoms with Gasteiger partial charge in [-0.1, -0.05) is 23.7 Å². The number of benzene rings is 2. The maximum Gasteiger partial charge on any atom is 0.351 e. The standard InChI is InChI=1S/C31H35ClFN3O6/c1-38-19-22-9-13-36(14-10-22)27-18-28(35-29(34-27)23-5-8-25(32)26(33)17-23)42-31(11-15-40-16-12-31)30(37)41-20-21-3-6-24(39-2)7-4-21/h3-8,17-18,22H,9-16,19-20H2,1-2H3. The lowest BCUT2D eigenvalue weighted by Crippen LogP contribution is -2.50. The maximum absolute atomic E-state index is 14.4. The number of methoxy groups -OCH3 is 2. The summed E-state index contributed by atoms with van der Waals surface area (Å²) in [7, 11) is 3.31. The Morgan fingerprint density at radius 1 is 1.07 bits per heavy atom. The van der Waals surface area contributed by atoms with Crippen molar-refractivity contribution < 1.29 is 32.9 Å². The number of ether oxygens (including phenoxy) is 5. The van der Waals surface area contributed by atoms with Crippen LogP contribution in [-0.2, 0) is 25.6 Å². The molecule has 2 saturated heterocycles. The van der Waals surface area contributed by atoms with Crippen molar-refractivity contribution in [1.29, 1.82) is 0 Å². The van der Waals surface area contributed by atoms with E-state index in [-0.39, 0.29) is 23.3 Å². The molecule has 2 aliphatic rings. The molecule has 3 heterocycles. The molecule has 0 spiro atoms. The van der Waals surface area contributed by atoms with E-state index in [2.05, 4.69) is 9.88 Å². The molecule has 42 heavy (non-hydrogen) atoms. The molecule has 0 radical (unpaired) electrons. The van der Waals surface area contributed by atoms with Crippen molar-refractivity contribution >= 4 is 23.4 Å². The van der Waals surface area contributed by atoms with Crippen LogP contribution in [-0.4, -0.2) is 68.7 Å². The van der Waals surface area contributed by atoms with Crippen molar-refractivity contribution in [3.05, 3.63) is 64.9 Å². The van der Waals surface area contributed by atoms with Crippen molar-refractivity contribution in [3.63, 3.8) is 0 Å². The SMILES string of the molecule is COCC1CCN(c2cc(OC3(C(=O)OCc4ccc(OC)cc4)CCOCC3)nc(-c3ccc(Cl)c(F)c3)n2)CC1. The molecular weight excluding hydrogens is 565 g/mol. The third-order valence-electron chi connectivity index (χ3n) is 7.71. The minimum atomic E-state index is -1.30. The number of rotatable bonds is 10. The van der Waals surface area contributed by atoms with Crippen LogP contribution in [0.4, 0.5) is 10.2 Å². The molecule has 2 fully saturated rings. The molecule has 3 aromatic rings. The molecule has 0 aliphatic carbocycles. The van der Waals surface area contributed by atoms with Crippen molar-refractivity contribution in [2.75, 3.05) is 52.0 Å². The summed E-state index contributed by atoms with van der Waals surface area (Å²) in [5.74, 6) is 1.22. The van der Waals surface area contributed by atoms with Gasteiger partial charge in [0.25, 0.3) is 0 Å². The van der Waals surface area contributed by atoms with Crippen LogP contribution in [0.15, 0.2) is 48.5 Å². The van der Waals surface area contributed by atoms with Gasteiger partial charge in [0.2, 0.25) is 11.5 Å². The predicted molar refractivity (Wildman–Crippen MR) is 155 cm³/mol. The normalized spacial score (nSPS) is 17.1. The van der Waals surface area contributed by atoms with Gasteiger partial charge in [0.15, 0.2) is 5.82 Å². The highest BCUT2D eigenvalue weighted by Gasteiger charge is 2.45. The van der Waals surface area contributed by atoms with E-state index in [4.69, 9.17) is 40.3 Å². The van der Waals surface area contributed by atoms with Crippen LogP contribution in [0.1, 0.15) is 31.2 Å². The fourth-order valence-electron chi connectivity index (χ4n) is 5.21. The second kappa shape index (κ2) is 13.7. The molecule has 5 rings (SSSR count). The Kier molecular flexibility index (Phi) is 9.76. The summed E-state index contributed by atoms with van der Waals surface area (Å²) in [4.78, 5) is 25.1. The second-order valence-corrected chi connectivity index (χ2v) is 10.9. The minimum Gasteiger partial charge on any atom is -0.497 e. The fraction of sp³-hybridized carbons (Fsp3) is 0.452. The summed E-state index contributed by atoms with van der Waals surface area (Å²) in [6.45, 7) is 2.99. The Morgan fingerprint density at radius 3 is 2.48 bits per heavy atom. The maximum atomic E-state index is 14.4. The average Bonchev–Trinajstić information content (AvgIpc) is 3.02. The number of nitrogens with zero attached hydrogens (tertiary/aromatic N) is 3. The molecule has 0 saturated carbocycles. The molecule has 0 bridgehead atoms. The van der Waals surface area contributed by atoms with Gasteiger partial charge in [-0.15, -0.1) is 0 Å². The quantitative estimate of drug-likeness (QED) is 0.281. The first-order chi connectivity index (χ1) is 20.4. The molecule has 0 amide bonds. The Labute approximate surface area is 249 Å². The van der Waals surface area contributed by atoms with E-state index in [1.54, 1.807) is 26.4 Å². The van der Waals surface area contributed by atoms with Gasteiger partial charge in [-0.2, -0.15) is 4.98 Å². The van der Waals surface area contributed by atoms with Gasteiger partial charge < -0.3 is 28.6 Å². The molecule has 224 valence electrons. The van der Waals surface area contributed by atoms with E-state index in [0.717, 1.165) is 31.5 Å². The highest BCUT2D eigenvalue weighted by atomic mass is 35.5. The molecule has 9 nitrogen and oxygen atoms in total. The molecule has 11 heteroatoms. The van der Waals surface area contributed by atoms with Crippen LogP contribution in [0.5, 0.6) is 11.6 Å². The fourth-order valence-corrected chi connectivity index (χ4v) is 5.32. The molecule has 2 aliphatic heterocycles. The van der Waals surface area contributed by atoms with Gasteiger partial charge in [0.1, 0.15) is 24.0 Å². The van der Waals surface area contributed by atoms with E-state index >= 15 is 0 Å². The van der Waals surface area contributed by atoms with Crippen molar-refractivity contribution in [1.82, 2.24) is 9.97 Å². The number of carbonyl (C=O) groups is 1. The first-order valence-electron chi connectivity index (χ1n) is 14.0. The molecule has 0 N–H and O–H groups in total.